The van der Waals surface area contributed by atoms with Crippen LogP contribution in [-0.4, -0.2) is 67.0 Å². The number of ketones is 1. The average molecular weight is 507 g/mol. The van der Waals surface area contributed by atoms with Crippen molar-refractivity contribution in [3.05, 3.63) is 63.1 Å². The minimum Gasteiger partial charge on any atom is -0.507 e. The maximum atomic E-state index is 13.3. The third-order valence-electron chi connectivity index (χ3n) is 5.99. The molecule has 1 N–H and O–H groups in total. The summed E-state index contributed by atoms with van der Waals surface area (Å²) in [5.41, 5.74) is 0.629. The zero-order chi connectivity index (χ0) is 25.0. The van der Waals surface area contributed by atoms with Gasteiger partial charge >= 0.3 is 0 Å². The molecule has 3 rings (SSSR count). The first-order valence-corrected chi connectivity index (χ1v) is 11.7. The number of nitrogens with zero attached hydrogens (tertiary/aromatic N) is 2. The number of carbonyl (C=O) groups excluding carboxylic acids is 2. The average Bonchev–Trinajstić information content (AvgIpc) is 3.08. The minimum atomic E-state index is -0.867. The summed E-state index contributed by atoms with van der Waals surface area (Å²) in [6, 6.07) is 9.16. The second-order valence-electron chi connectivity index (χ2n) is 7.73. The highest BCUT2D eigenvalue weighted by atomic mass is 35.5. The Morgan fingerprint density at radius 1 is 1.09 bits per heavy atom. The number of para-hydroxylation sites is 1. The Bertz CT molecular complexity index is 1110. The Morgan fingerprint density at radius 2 is 1.76 bits per heavy atom. The highest BCUT2D eigenvalue weighted by Gasteiger charge is 2.47. The molecule has 182 valence electrons. The van der Waals surface area contributed by atoms with Gasteiger partial charge in [0, 0.05) is 23.7 Å². The molecule has 2 aromatic rings. The number of aliphatic hydroxyl groups is 1. The van der Waals surface area contributed by atoms with Gasteiger partial charge in [-0.3, -0.25) is 9.59 Å². The van der Waals surface area contributed by atoms with E-state index in [9.17, 15) is 14.7 Å². The van der Waals surface area contributed by atoms with Crippen molar-refractivity contribution in [1.82, 2.24) is 9.80 Å². The predicted molar refractivity (Wildman–Crippen MR) is 133 cm³/mol. The van der Waals surface area contributed by atoms with Gasteiger partial charge in [-0.05, 0) is 31.3 Å². The fourth-order valence-electron chi connectivity index (χ4n) is 4.20. The third-order valence-corrected chi connectivity index (χ3v) is 6.49. The number of benzene rings is 2. The topological polar surface area (TPSA) is 79.3 Å². The lowest BCUT2D eigenvalue weighted by Crippen LogP contribution is -2.38. The van der Waals surface area contributed by atoms with E-state index in [1.165, 1.54) is 31.3 Å². The maximum absolute atomic E-state index is 13.3. The van der Waals surface area contributed by atoms with Crippen LogP contribution >= 0.6 is 23.2 Å². The molecule has 2 aromatic carbocycles. The monoisotopic (exact) mass is 506 g/mol. The van der Waals surface area contributed by atoms with Gasteiger partial charge in [0.1, 0.15) is 17.3 Å². The van der Waals surface area contributed by atoms with E-state index in [1.54, 1.807) is 24.3 Å². The van der Waals surface area contributed by atoms with Crippen LogP contribution in [0.5, 0.6) is 11.5 Å². The van der Waals surface area contributed by atoms with Gasteiger partial charge in [0.2, 0.25) is 0 Å². The van der Waals surface area contributed by atoms with Gasteiger partial charge in [-0.15, -0.1) is 0 Å². The Labute approximate surface area is 209 Å². The molecule has 1 atom stereocenters. The summed E-state index contributed by atoms with van der Waals surface area (Å²) in [7, 11) is 2.91. The van der Waals surface area contributed by atoms with Gasteiger partial charge in [0.05, 0.1) is 36.4 Å². The Kier molecular flexibility index (Phi) is 8.47. The fourth-order valence-corrected chi connectivity index (χ4v) is 4.77. The number of methoxy groups -OCH3 is 2. The zero-order valence-corrected chi connectivity index (χ0v) is 21.1. The normalized spacial score (nSPS) is 17.5. The van der Waals surface area contributed by atoms with E-state index >= 15 is 0 Å². The van der Waals surface area contributed by atoms with E-state index in [0.717, 1.165) is 13.1 Å². The van der Waals surface area contributed by atoms with Crippen molar-refractivity contribution in [3.63, 3.8) is 0 Å². The molecule has 0 aromatic heterocycles. The maximum Gasteiger partial charge on any atom is 0.295 e. The predicted octanol–water partition coefficient (Wildman–Crippen LogP) is 4.77. The molecule has 0 spiro atoms. The van der Waals surface area contributed by atoms with E-state index in [1.807, 2.05) is 13.8 Å². The molecule has 0 aliphatic carbocycles. The molecule has 1 heterocycles. The molecule has 1 saturated heterocycles. The second kappa shape index (κ2) is 11.1. The van der Waals surface area contributed by atoms with E-state index in [4.69, 9.17) is 32.7 Å². The number of amides is 1. The number of hydrogen-bond donors (Lipinski definition) is 1. The van der Waals surface area contributed by atoms with Crippen LogP contribution in [0.15, 0.2) is 42.0 Å². The van der Waals surface area contributed by atoms with Crippen LogP contribution < -0.4 is 9.47 Å². The van der Waals surface area contributed by atoms with Crippen molar-refractivity contribution in [1.29, 1.82) is 0 Å². The third kappa shape index (κ3) is 4.87. The van der Waals surface area contributed by atoms with Crippen molar-refractivity contribution in [3.8, 4) is 11.5 Å². The van der Waals surface area contributed by atoms with Crippen LogP contribution in [0, 0.1) is 0 Å². The van der Waals surface area contributed by atoms with Crippen molar-refractivity contribution >= 4 is 40.7 Å². The highest BCUT2D eigenvalue weighted by molar-refractivity contribution is 6.47. The Balaban J connectivity index is 2.24. The van der Waals surface area contributed by atoms with Crippen molar-refractivity contribution in [2.75, 3.05) is 40.4 Å². The van der Waals surface area contributed by atoms with Crippen molar-refractivity contribution in [2.24, 2.45) is 0 Å². The molecule has 1 amide bonds. The number of Topliss-reactive ketones (excluding diaryl/α,β-unsaturated/α-hetero) is 1. The first kappa shape index (κ1) is 25.9. The summed E-state index contributed by atoms with van der Waals surface area (Å²) in [5, 5.41) is 11.8. The van der Waals surface area contributed by atoms with Gasteiger partial charge < -0.3 is 24.4 Å². The molecular formula is C25H28Cl2N2O5. The van der Waals surface area contributed by atoms with Crippen LogP contribution in [0.3, 0.4) is 0 Å². The van der Waals surface area contributed by atoms with E-state index < -0.39 is 23.5 Å². The molecule has 0 saturated carbocycles. The molecule has 7 nitrogen and oxygen atoms in total. The van der Waals surface area contributed by atoms with Gasteiger partial charge in [-0.25, -0.2) is 0 Å². The summed E-state index contributed by atoms with van der Waals surface area (Å²) in [4.78, 5) is 30.1. The van der Waals surface area contributed by atoms with Gasteiger partial charge in [0.15, 0.2) is 0 Å². The fraction of sp³-hybridized carbons (Fsp3) is 0.360. The lowest BCUT2D eigenvalue weighted by atomic mass is 9.94. The number of hydrogen-bond acceptors (Lipinski definition) is 6. The summed E-state index contributed by atoms with van der Waals surface area (Å²) < 4.78 is 10.9. The lowest BCUT2D eigenvalue weighted by Gasteiger charge is -2.29. The Hall–Kier alpha value is -2.74. The van der Waals surface area contributed by atoms with E-state index in [-0.39, 0.29) is 26.9 Å². The van der Waals surface area contributed by atoms with Crippen LogP contribution in [0.4, 0.5) is 0 Å². The number of carbonyl (C=O) groups is 2. The highest BCUT2D eigenvalue weighted by Crippen LogP contribution is 2.45. The van der Waals surface area contributed by atoms with Crippen LogP contribution in [-0.2, 0) is 9.59 Å². The molecular weight excluding hydrogens is 479 g/mol. The Morgan fingerprint density at radius 3 is 2.38 bits per heavy atom. The van der Waals surface area contributed by atoms with Crippen molar-refractivity contribution < 1.29 is 24.2 Å². The molecule has 1 unspecified atom stereocenters. The molecule has 1 fully saturated rings. The number of halogens is 2. The van der Waals surface area contributed by atoms with Crippen LogP contribution in [0.25, 0.3) is 5.76 Å². The molecule has 1 aliphatic rings. The second-order valence-corrected chi connectivity index (χ2v) is 8.57. The standard InChI is InChI=1S/C25H28Cl2N2O5/c1-5-28(6-2)11-12-29-21(16-9-7-8-10-19(16)33-3)20(23(31)25(29)32)22(30)17-13-15(26)14-18(27)24(17)34-4/h7-10,13-14,21,30H,5-6,11-12H2,1-4H3/b22-20+. The first-order valence-electron chi connectivity index (χ1n) is 11.0. The minimum absolute atomic E-state index is 0.0781. The summed E-state index contributed by atoms with van der Waals surface area (Å²) in [5.74, 6) is -1.27. The number of ether oxygens (including phenoxy) is 2. The number of rotatable bonds is 9. The molecule has 0 radical (unpaired) electrons. The number of aliphatic hydroxyl groups excluding tert-OH is 1. The smallest absolute Gasteiger partial charge is 0.295 e. The van der Waals surface area contributed by atoms with Crippen LogP contribution in [0.1, 0.15) is 31.0 Å². The summed E-state index contributed by atoms with van der Waals surface area (Å²) in [6.45, 7) is 6.53. The zero-order valence-electron chi connectivity index (χ0n) is 19.6. The number of likely N-dealkylation sites (N-methyl/N-ethyl adjacent to an activating group) is 1. The molecule has 1 aliphatic heterocycles. The summed E-state index contributed by atoms with van der Waals surface area (Å²) in [6.07, 6.45) is 0. The quantitative estimate of drug-likeness (QED) is 0.299. The largest absolute Gasteiger partial charge is 0.507 e. The molecule has 9 heteroatoms. The van der Waals surface area contributed by atoms with Crippen LogP contribution in [0.2, 0.25) is 10.0 Å². The number of likely N-dealkylation sites (tertiary alicyclic amines) is 1. The van der Waals surface area contributed by atoms with E-state index in [0.29, 0.717) is 24.4 Å². The van der Waals surface area contributed by atoms with E-state index in [2.05, 4.69) is 4.90 Å². The summed E-state index contributed by atoms with van der Waals surface area (Å²) >= 11 is 12.4. The molecule has 0 bridgehead atoms. The first-order chi connectivity index (χ1) is 16.3. The van der Waals surface area contributed by atoms with Gasteiger partial charge in [-0.2, -0.15) is 0 Å². The SMILES string of the molecule is CCN(CC)CCN1C(=O)C(=O)/C(=C(/O)c2cc(Cl)cc(Cl)c2OC)C1c1ccccc1OC. The van der Waals surface area contributed by atoms with Gasteiger partial charge in [0.25, 0.3) is 11.7 Å². The van der Waals surface area contributed by atoms with Crippen molar-refractivity contribution in [2.45, 2.75) is 19.9 Å². The van der Waals surface area contributed by atoms with Gasteiger partial charge in [-0.1, -0.05) is 55.2 Å². The lowest BCUT2D eigenvalue weighted by molar-refractivity contribution is -0.140. The molecule has 34 heavy (non-hydrogen) atoms.